The molecule has 98 valence electrons. The van der Waals surface area contributed by atoms with E-state index in [1.54, 1.807) is 0 Å². The summed E-state index contributed by atoms with van der Waals surface area (Å²) in [6.07, 6.45) is 0.972. The molecule has 6 heteroatoms. The Balaban J connectivity index is 2.10. The first-order valence-corrected chi connectivity index (χ1v) is 6.30. The van der Waals surface area contributed by atoms with Crippen molar-refractivity contribution in [3.8, 4) is 0 Å². The molecule has 0 radical (unpaired) electrons. The minimum Gasteiger partial charge on any atom is -0.383 e. The molecule has 3 N–H and O–H groups in total. The Kier molecular flexibility index (Phi) is 4.11. The van der Waals surface area contributed by atoms with Crippen LogP contribution in [-0.4, -0.2) is 10.9 Å². The standard InChI is InChI=1S/C13H11BrFN3O/c14-11-4-2-1-3-8(11)6-18-13(19)10-5-9(15)7-17-12(10)16/h1-5,7H,6H2,(H2,16,17)(H,18,19). The van der Waals surface area contributed by atoms with Crippen LogP contribution in [0.1, 0.15) is 15.9 Å². The molecular weight excluding hydrogens is 313 g/mol. The van der Waals surface area contributed by atoms with E-state index in [0.29, 0.717) is 6.54 Å². The third kappa shape index (κ3) is 3.29. The van der Waals surface area contributed by atoms with Gasteiger partial charge in [-0.05, 0) is 17.7 Å². The van der Waals surface area contributed by atoms with E-state index < -0.39 is 11.7 Å². The van der Waals surface area contributed by atoms with Gasteiger partial charge < -0.3 is 11.1 Å². The highest BCUT2D eigenvalue weighted by molar-refractivity contribution is 9.10. The van der Waals surface area contributed by atoms with Crippen LogP contribution >= 0.6 is 15.9 Å². The molecule has 0 spiro atoms. The Morgan fingerprint density at radius 3 is 2.89 bits per heavy atom. The zero-order valence-electron chi connectivity index (χ0n) is 9.86. The number of rotatable bonds is 3. The van der Waals surface area contributed by atoms with Crippen molar-refractivity contribution in [1.29, 1.82) is 0 Å². The molecule has 2 rings (SSSR count). The fourth-order valence-electron chi connectivity index (χ4n) is 1.54. The van der Waals surface area contributed by atoms with E-state index in [9.17, 15) is 9.18 Å². The Hall–Kier alpha value is -1.95. The highest BCUT2D eigenvalue weighted by Crippen LogP contribution is 2.16. The van der Waals surface area contributed by atoms with E-state index in [4.69, 9.17) is 5.73 Å². The first-order valence-electron chi connectivity index (χ1n) is 5.50. The molecule has 0 atom stereocenters. The van der Waals surface area contributed by atoms with Gasteiger partial charge in [-0.25, -0.2) is 9.37 Å². The fourth-order valence-corrected chi connectivity index (χ4v) is 1.97. The van der Waals surface area contributed by atoms with E-state index >= 15 is 0 Å². The van der Waals surface area contributed by atoms with Crippen LogP contribution in [0.25, 0.3) is 0 Å². The first-order chi connectivity index (χ1) is 9.08. The molecule has 0 aliphatic heterocycles. The lowest BCUT2D eigenvalue weighted by Crippen LogP contribution is -2.24. The normalized spacial score (nSPS) is 10.2. The van der Waals surface area contributed by atoms with Gasteiger partial charge in [-0.3, -0.25) is 4.79 Å². The molecule has 0 saturated heterocycles. The molecule has 19 heavy (non-hydrogen) atoms. The Bertz CT molecular complexity index is 619. The molecule has 0 fully saturated rings. The van der Waals surface area contributed by atoms with E-state index in [0.717, 1.165) is 22.3 Å². The lowest BCUT2D eigenvalue weighted by Gasteiger charge is -2.08. The molecule has 0 aliphatic carbocycles. The van der Waals surface area contributed by atoms with E-state index in [2.05, 4.69) is 26.2 Å². The molecule has 1 aromatic heterocycles. The monoisotopic (exact) mass is 323 g/mol. The van der Waals surface area contributed by atoms with Gasteiger partial charge in [0.15, 0.2) is 0 Å². The maximum atomic E-state index is 13.0. The van der Waals surface area contributed by atoms with Crippen LogP contribution in [-0.2, 0) is 6.54 Å². The van der Waals surface area contributed by atoms with Crippen LogP contribution in [0.15, 0.2) is 41.0 Å². The summed E-state index contributed by atoms with van der Waals surface area (Å²) in [5, 5.41) is 2.67. The van der Waals surface area contributed by atoms with Crippen LogP contribution < -0.4 is 11.1 Å². The smallest absolute Gasteiger partial charge is 0.255 e. The van der Waals surface area contributed by atoms with Gasteiger partial charge in [-0.15, -0.1) is 0 Å². The number of amides is 1. The highest BCUT2D eigenvalue weighted by atomic mass is 79.9. The minimum absolute atomic E-state index is 0.00558. The third-order valence-electron chi connectivity index (χ3n) is 2.53. The molecule has 1 aromatic carbocycles. The van der Waals surface area contributed by atoms with Gasteiger partial charge in [0.2, 0.25) is 0 Å². The number of carbonyl (C=O) groups excluding carboxylic acids is 1. The number of halogens is 2. The summed E-state index contributed by atoms with van der Waals surface area (Å²) in [5.74, 6) is -1.05. The van der Waals surface area contributed by atoms with Crippen molar-refractivity contribution >= 4 is 27.7 Å². The van der Waals surface area contributed by atoms with Crippen LogP contribution in [0.5, 0.6) is 0 Å². The third-order valence-corrected chi connectivity index (χ3v) is 3.30. The van der Waals surface area contributed by atoms with Crippen molar-refractivity contribution in [2.24, 2.45) is 0 Å². The molecule has 4 nitrogen and oxygen atoms in total. The quantitative estimate of drug-likeness (QED) is 0.911. The van der Waals surface area contributed by atoms with Crippen molar-refractivity contribution in [3.63, 3.8) is 0 Å². The number of hydrogen-bond acceptors (Lipinski definition) is 3. The van der Waals surface area contributed by atoms with Crippen molar-refractivity contribution < 1.29 is 9.18 Å². The lowest BCUT2D eigenvalue weighted by molar-refractivity contribution is 0.0951. The molecule has 1 heterocycles. The first kappa shape index (κ1) is 13.5. The van der Waals surface area contributed by atoms with Gasteiger partial charge in [-0.2, -0.15) is 0 Å². The summed E-state index contributed by atoms with van der Waals surface area (Å²) in [6.45, 7) is 0.316. The van der Waals surface area contributed by atoms with Crippen LogP contribution in [0.2, 0.25) is 0 Å². The van der Waals surface area contributed by atoms with E-state index in [-0.39, 0.29) is 11.4 Å². The largest absolute Gasteiger partial charge is 0.383 e. The van der Waals surface area contributed by atoms with E-state index in [1.807, 2.05) is 24.3 Å². The highest BCUT2D eigenvalue weighted by Gasteiger charge is 2.12. The van der Waals surface area contributed by atoms with Gasteiger partial charge in [0, 0.05) is 11.0 Å². The van der Waals surface area contributed by atoms with Crippen molar-refractivity contribution in [1.82, 2.24) is 10.3 Å². The number of hydrogen-bond donors (Lipinski definition) is 2. The van der Waals surface area contributed by atoms with Crippen LogP contribution in [0, 0.1) is 5.82 Å². The second-order valence-electron chi connectivity index (χ2n) is 3.86. The molecule has 0 saturated carbocycles. The topological polar surface area (TPSA) is 68.0 Å². The molecular formula is C13H11BrFN3O. The van der Waals surface area contributed by atoms with Crippen LogP contribution in [0.3, 0.4) is 0 Å². The maximum Gasteiger partial charge on any atom is 0.255 e. The number of aromatic nitrogens is 1. The number of anilines is 1. The predicted molar refractivity (Wildman–Crippen MR) is 73.9 cm³/mol. The number of pyridine rings is 1. The molecule has 0 unspecified atom stereocenters. The maximum absolute atomic E-state index is 13.0. The van der Waals surface area contributed by atoms with Crippen molar-refractivity contribution in [3.05, 3.63) is 57.9 Å². The summed E-state index contributed by atoms with van der Waals surface area (Å²) in [5.41, 5.74) is 6.49. The SMILES string of the molecule is Nc1ncc(F)cc1C(=O)NCc1ccccc1Br. The van der Waals surface area contributed by atoms with Crippen molar-refractivity contribution in [2.45, 2.75) is 6.54 Å². The van der Waals surface area contributed by atoms with Gasteiger partial charge in [0.25, 0.3) is 5.91 Å². The average Bonchev–Trinajstić information content (AvgIpc) is 2.40. The summed E-state index contributed by atoms with van der Waals surface area (Å²) < 4.78 is 13.9. The summed E-state index contributed by atoms with van der Waals surface area (Å²) >= 11 is 3.38. The number of carbonyl (C=O) groups is 1. The average molecular weight is 324 g/mol. The minimum atomic E-state index is -0.597. The van der Waals surface area contributed by atoms with Crippen molar-refractivity contribution in [2.75, 3.05) is 5.73 Å². The second kappa shape index (κ2) is 5.79. The second-order valence-corrected chi connectivity index (χ2v) is 4.71. The molecule has 0 aliphatic rings. The molecule has 1 amide bonds. The number of benzene rings is 1. The zero-order chi connectivity index (χ0) is 13.8. The van der Waals surface area contributed by atoms with E-state index in [1.165, 1.54) is 0 Å². The lowest BCUT2D eigenvalue weighted by atomic mass is 10.2. The van der Waals surface area contributed by atoms with Gasteiger partial charge in [0.1, 0.15) is 11.6 Å². The molecule has 0 bridgehead atoms. The number of nitrogens with two attached hydrogens (primary N) is 1. The summed E-state index contributed by atoms with van der Waals surface area (Å²) in [6, 6.07) is 8.56. The Labute approximate surface area is 118 Å². The molecule has 2 aromatic rings. The van der Waals surface area contributed by atoms with Gasteiger partial charge >= 0.3 is 0 Å². The number of nitrogen functional groups attached to an aromatic ring is 1. The predicted octanol–water partition coefficient (Wildman–Crippen LogP) is 2.50. The Morgan fingerprint density at radius 2 is 2.16 bits per heavy atom. The van der Waals surface area contributed by atoms with Gasteiger partial charge in [0.05, 0.1) is 11.8 Å². The zero-order valence-corrected chi connectivity index (χ0v) is 11.4. The number of nitrogens with zero attached hydrogens (tertiary/aromatic N) is 1. The summed E-state index contributed by atoms with van der Waals surface area (Å²) in [7, 11) is 0. The fraction of sp³-hybridized carbons (Fsp3) is 0.0769. The van der Waals surface area contributed by atoms with Crippen LogP contribution in [0.4, 0.5) is 10.2 Å². The van der Waals surface area contributed by atoms with Gasteiger partial charge in [-0.1, -0.05) is 34.1 Å². The summed E-state index contributed by atoms with van der Waals surface area (Å²) in [4.78, 5) is 15.5. The Morgan fingerprint density at radius 1 is 1.42 bits per heavy atom. The number of nitrogens with one attached hydrogen (secondary N) is 1.